The number of carbonyl (C=O) groups excluding carboxylic acids is 9. The highest BCUT2D eigenvalue weighted by atomic mass is 16.6. The van der Waals surface area contributed by atoms with Crippen molar-refractivity contribution >= 4 is 54.2 Å². The molecule has 0 spiro atoms. The molecule has 0 aliphatic heterocycles. The molecular formula is C41H44O18. The summed E-state index contributed by atoms with van der Waals surface area (Å²) in [5.74, 6) is -7.31. The van der Waals surface area contributed by atoms with E-state index in [0.717, 1.165) is 20.3 Å². The van der Waals surface area contributed by atoms with E-state index in [-0.39, 0.29) is 92.3 Å². The van der Waals surface area contributed by atoms with Crippen molar-refractivity contribution in [3.8, 4) is 23.0 Å². The number of hydrogen-bond acceptors (Lipinski definition) is 18. The first kappa shape index (κ1) is 45.1. The lowest BCUT2D eigenvalue weighted by molar-refractivity contribution is -0.156. The Labute approximate surface area is 338 Å². The van der Waals surface area contributed by atoms with Crippen LogP contribution >= 0.6 is 0 Å². The van der Waals surface area contributed by atoms with E-state index in [4.69, 9.17) is 42.6 Å². The quantitative estimate of drug-likeness (QED) is 0.0512. The minimum atomic E-state index is -0.848. The molecule has 2 aromatic carbocycles. The van der Waals surface area contributed by atoms with Crippen LogP contribution in [0.15, 0.2) is 49.1 Å². The molecule has 0 unspecified atom stereocenters. The lowest BCUT2D eigenvalue weighted by atomic mass is 9.82. The summed E-state index contributed by atoms with van der Waals surface area (Å²) in [6, 6.07) is 7.75. The van der Waals surface area contributed by atoms with Crippen molar-refractivity contribution < 1.29 is 85.8 Å². The number of hydrogen-bond donors (Lipinski definition) is 0. The first-order valence-electron chi connectivity index (χ1n) is 18.7. The fourth-order valence-corrected chi connectivity index (χ4v) is 6.37. The average Bonchev–Trinajstić information content (AvgIpc) is 3.25. The monoisotopic (exact) mass is 824 g/mol. The van der Waals surface area contributed by atoms with Crippen molar-refractivity contribution in [3.05, 3.63) is 60.2 Å². The van der Waals surface area contributed by atoms with Crippen LogP contribution in [0.4, 0.5) is 0 Å². The van der Waals surface area contributed by atoms with Gasteiger partial charge >= 0.3 is 47.8 Å². The van der Waals surface area contributed by atoms with Crippen LogP contribution in [0.2, 0.25) is 0 Å². The third kappa shape index (κ3) is 13.5. The minimum absolute atomic E-state index is 0.00906. The highest BCUT2D eigenvalue weighted by molar-refractivity contribution is 5.95. The molecule has 0 atom stereocenters. The van der Waals surface area contributed by atoms with Crippen LogP contribution in [-0.2, 0) is 57.2 Å². The van der Waals surface area contributed by atoms with Crippen LogP contribution < -0.4 is 18.9 Å². The predicted molar refractivity (Wildman–Crippen MR) is 198 cm³/mol. The third-order valence-electron chi connectivity index (χ3n) is 9.53. The first-order valence-corrected chi connectivity index (χ1v) is 18.7. The molecule has 0 saturated heterocycles. The second-order valence-corrected chi connectivity index (χ2v) is 13.4. The van der Waals surface area contributed by atoms with Gasteiger partial charge in [-0.05, 0) is 87.8 Å². The maximum Gasteiger partial charge on any atom is 0.341 e. The zero-order chi connectivity index (χ0) is 42.9. The highest BCUT2D eigenvalue weighted by Crippen LogP contribution is 2.35. The summed E-state index contributed by atoms with van der Waals surface area (Å²) in [5, 5.41) is 0. The zero-order valence-electron chi connectivity index (χ0n) is 32.5. The van der Waals surface area contributed by atoms with E-state index in [9.17, 15) is 43.2 Å². The molecule has 2 aromatic rings. The van der Waals surface area contributed by atoms with E-state index < -0.39 is 71.6 Å². The molecule has 2 fully saturated rings. The Morgan fingerprint density at radius 1 is 0.610 bits per heavy atom. The van der Waals surface area contributed by atoms with Gasteiger partial charge in [0.05, 0.1) is 44.8 Å². The smallest absolute Gasteiger partial charge is 0.341 e. The van der Waals surface area contributed by atoms with Crippen LogP contribution in [0.3, 0.4) is 0 Å². The van der Waals surface area contributed by atoms with Gasteiger partial charge in [-0.25, -0.2) is 14.4 Å². The number of carbonyl (C=O) groups is 9. The molecule has 59 heavy (non-hydrogen) atoms. The molecule has 2 aliphatic carbocycles. The molecule has 18 heteroatoms. The van der Waals surface area contributed by atoms with Crippen LogP contribution in [0.1, 0.15) is 84.9 Å². The molecule has 316 valence electrons. The van der Waals surface area contributed by atoms with Crippen molar-refractivity contribution in [1.82, 2.24) is 0 Å². The third-order valence-corrected chi connectivity index (χ3v) is 9.53. The molecule has 0 amide bonds. The van der Waals surface area contributed by atoms with Gasteiger partial charge in [-0.15, -0.1) is 0 Å². The molecule has 4 rings (SSSR count). The second-order valence-electron chi connectivity index (χ2n) is 13.4. The van der Waals surface area contributed by atoms with Gasteiger partial charge in [0.1, 0.15) is 53.4 Å². The number of esters is 8. The number of methoxy groups -OCH3 is 2. The average molecular weight is 825 g/mol. The van der Waals surface area contributed by atoms with Crippen molar-refractivity contribution in [2.24, 2.45) is 17.8 Å². The number of ether oxygens (including phenoxy) is 9. The van der Waals surface area contributed by atoms with Crippen molar-refractivity contribution in [2.75, 3.05) is 27.4 Å². The zero-order valence-corrected chi connectivity index (χ0v) is 32.5. The minimum Gasteiger partial charge on any atom is -0.465 e. The Morgan fingerprint density at radius 3 is 1.58 bits per heavy atom. The Kier molecular flexibility index (Phi) is 17.1. The van der Waals surface area contributed by atoms with Crippen LogP contribution in [0.25, 0.3) is 0 Å². The number of rotatable bonds is 18. The molecule has 0 radical (unpaired) electrons. The maximum atomic E-state index is 13.2. The van der Waals surface area contributed by atoms with Crippen LogP contribution in [-0.4, -0.2) is 87.8 Å². The van der Waals surface area contributed by atoms with Gasteiger partial charge in [0.2, 0.25) is 0 Å². The fraction of sp³-hybridized carbons (Fsp3) is 0.439. The van der Waals surface area contributed by atoms with Gasteiger partial charge in [-0.3, -0.25) is 28.8 Å². The number of benzene rings is 2. The van der Waals surface area contributed by atoms with E-state index in [1.165, 1.54) is 36.4 Å². The molecule has 0 bridgehead atoms. The van der Waals surface area contributed by atoms with Crippen molar-refractivity contribution in [2.45, 2.75) is 70.3 Å². The first-order chi connectivity index (χ1) is 28.3. The van der Waals surface area contributed by atoms with E-state index >= 15 is 0 Å². The Morgan fingerprint density at radius 2 is 1.07 bits per heavy atom. The normalized spacial score (nSPS) is 18.4. The fourth-order valence-electron chi connectivity index (χ4n) is 6.37. The molecule has 0 heterocycles. The Balaban J connectivity index is 1.23. The molecule has 0 N–H and O–H groups in total. The molecular weight excluding hydrogens is 780 g/mol. The van der Waals surface area contributed by atoms with Crippen LogP contribution in [0.5, 0.6) is 23.0 Å². The predicted octanol–water partition coefficient (Wildman–Crippen LogP) is 4.17. The lowest BCUT2D eigenvalue weighted by Gasteiger charge is -2.27. The second kappa shape index (κ2) is 22.4. The summed E-state index contributed by atoms with van der Waals surface area (Å²) in [6.07, 6.45) is 2.57. The summed E-state index contributed by atoms with van der Waals surface area (Å²) in [7, 11) is 2.28. The Bertz CT molecular complexity index is 1900. The van der Waals surface area contributed by atoms with Gasteiger partial charge in [-0.2, -0.15) is 0 Å². The van der Waals surface area contributed by atoms with Gasteiger partial charge in [0, 0.05) is 6.08 Å². The van der Waals surface area contributed by atoms with Gasteiger partial charge < -0.3 is 42.6 Å². The lowest BCUT2D eigenvalue weighted by Crippen LogP contribution is -2.31. The van der Waals surface area contributed by atoms with Gasteiger partial charge in [-0.1, -0.05) is 6.58 Å². The maximum absolute atomic E-state index is 13.2. The summed E-state index contributed by atoms with van der Waals surface area (Å²) >= 11 is 0. The van der Waals surface area contributed by atoms with Gasteiger partial charge in [0.15, 0.2) is 0 Å². The van der Waals surface area contributed by atoms with E-state index in [2.05, 4.69) is 6.58 Å². The molecule has 2 aliphatic rings. The topological polar surface area (TPSA) is 237 Å². The van der Waals surface area contributed by atoms with Gasteiger partial charge in [0.25, 0.3) is 6.47 Å². The molecule has 0 aromatic heterocycles. The molecule has 18 nitrogen and oxygen atoms in total. The standard InChI is InChI=1S/C41H44O18/c1-4-34(43)53-19-20-54-35(44)17-18-36(45)56-27-11-9-26(10-12-27)37(46)57-29-14-16-33(31(22-29)41(50)52-3)59-39(48)25-7-5-24(6-8-25)38(47)58-32-15-13-28(55-23-42)21-30(32)40(49)51-2/h4,13-16,21-27H,1,5-12,17-20H2,2-3H3. The highest BCUT2D eigenvalue weighted by Gasteiger charge is 2.34. The van der Waals surface area contributed by atoms with Crippen LogP contribution in [0, 0.1) is 17.8 Å². The van der Waals surface area contributed by atoms with Crippen molar-refractivity contribution in [1.29, 1.82) is 0 Å². The van der Waals surface area contributed by atoms with Crippen molar-refractivity contribution in [3.63, 3.8) is 0 Å². The SMILES string of the molecule is C=CC(=O)OCCOC(=O)CCC(=O)OC1CCC(C(=O)Oc2ccc(OC(=O)C3CCC(C(=O)Oc4ccc(OC=O)cc4C(=O)OC)CC3)c(C(=O)OC)c2)CC1. The molecule has 2 saturated carbocycles. The Hall–Kier alpha value is -6.59. The van der Waals surface area contributed by atoms with E-state index in [1.54, 1.807) is 0 Å². The summed E-state index contributed by atoms with van der Waals surface area (Å²) < 4.78 is 46.0. The van der Waals surface area contributed by atoms with E-state index in [0.29, 0.717) is 25.7 Å². The van der Waals surface area contributed by atoms with E-state index in [1.807, 2.05) is 0 Å². The summed E-state index contributed by atoms with van der Waals surface area (Å²) in [5.41, 5.74) is -0.284. The summed E-state index contributed by atoms with van der Waals surface area (Å²) in [4.78, 5) is 110. The largest absolute Gasteiger partial charge is 0.465 e. The summed E-state index contributed by atoms with van der Waals surface area (Å²) in [6.45, 7) is 3.13.